The number of anilines is 2. The molecule has 1 amide bonds. The standard InChI is InChI=1S/C14H21N3O3/c1-4-20-14(19)10-5-6-11(15)12(9-10)17(3)8-7-13(18)16-2/h5-6,9H,4,7-8,15H2,1-3H3,(H,16,18). The van der Waals surface area contributed by atoms with Gasteiger partial charge in [-0.25, -0.2) is 4.79 Å². The van der Waals surface area contributed by atoms with Crippen molar-refractivity contribution in [3.63, 3.8) is 0 Å². The van der Waals surface area contributed by atoms with Crippen molar-refractivity contribution in [1.82, 2.24) is 5.32 Å². The van der Waals surface area contributed by atoms with Gasteiger partial charge in [0.25, 0.3) is 0 Å². The summed E-state index contributed by atoms with van der Waals surface area (Å²) in [4.78, 5) is 24.8. The molecular formula is C14H21N3O3. The van der Waals surface area contributed by atoms with Gasteiger partial charge in [-0.15, -0.1) is 0 Å². The molecule has 0 aliphatic heterocycles. The minimum Gasteiger partial charge on any atom is -0.462 e. The molecular weight excluding hydrogens is 258 g/mol. The van der Waals surface area contributed by atoms with Gasteiger partial charge in [-0.1, -0.05) is 0 Å². The third-order valence-corrected chi connectivity index (χ3v) is 2.91. The van der Waals surface area contributed by atoms with Gasteiger partial charge in [0.05, 0.1) is 23.5 Å². The van der Waals surface area contributed by atoms with Crippen LogP contribution in [0.15, 0.2) is 18.2 Å². The number of hydrogen-bond donors (Lipinski definition) is 2. The molecule has 0 spiro atoms. The van der Waals surface area contributed by atoms with E-state index >= 15 is 0 Å². The van der Waals surface area contributed by atoms with E-state index in [0.29, 0.717) is 36.5 Å². The second-order valence-electron chi connectivity index (χ2n) is 4.34. The van der Waals surface area contributed by atoms with Crippen molar-refractivity contribution < 1.29 is 14.3 Å². The van der Waals surface area contributed by atoms with E-state index in [2.05, 4.69) is 5.32 Å². The number of amides is 1. The third-order valence-electron chi connectivity index (χ3n) is 2.91. The first kappa shape index (κ1) is 15.8. The van der Waals surface area contributed by atoms with Crippen LogP contribution in [0.4, 0.5) is 11.4 Å². The molecule has 1 rings (SSSR count). The molecule has 0 saturated carbocycles. The second kappa shape index (κ2) is 7.37. The monoisotopic (exact) mass is 279 g/mol. The van der Waals surface area contributed by atoms with Crippen LogP contribution in [0.25, 0.3) is 0 Å². The fraction of sp³-hybridized carbons (Fsp3) is 0.429. The number of nitrogens with one attached hydrogen (secondary N) is 1. The highest BCUT2D eigenvalue weighted by molar-refractivity contribution is 5.92. The lowest BCUT2D eigenvalue weighted by molar-refractivity contribution is -0.120. The summed E-state index contributed by atoms with van der Waals surface area (Å²) in [6.07, 6.45) is 0.357. The summed E-state index contributed by atoms with van der Waals surface area (Å²) in [7, 11) is 3.42. The van der Waals surface area contributed by atoms with Gasteiger partial charge in [-0.05, 0) is 25.1 Å². The van der Waals surface area contributed by atoms with Gasteiger partial charge in [-0.2, -0.15) is 0 Å². The zero-order valence-corrected chi connectivity index (χ0v) is 12.1. The highest BCUT2D eigenvalue weighted by Gasteiger charge is 2.12. The van der Waals surface area contributed by atoms with Gasteiger partial charge in [0.1, 0.15) is 0 Å². The Bertz CT molecular complexity index is 489. The van der Waals surface area contributed by atoms with Crippen LogP contribution >= 0.6 is 0 Å². The molecule has 0 aromatic heterocycles. The molecule has 6 nitrogen and oxygen atoms in total. The van der Waals surface area contributed by atoms with Gasteiger partial charge >= 0.3 is 5.97 Å². The van der Waals surface area contributed by atoms with Crippen molar-refractivity contribution in [2.24, 2.45) is 0 Å². The lowest BCUT2D eigenvalue weighted by Crippen LogP contribution is -2.27. The zero-order chi connectivity index (χ0) is 15.1. The smallest absolute Gasteiger partial charge is 0.338 e. The van der Waals surface area contributed by atoms with Crippen molar-refractivity contribution >= 4 is 23.3 Å². The number of esters is 1. The van der Waals surface area contributed by atoms with Crippen molar-refractivity contribution in [1.29, 1.82) is 0 Å². The van der Waals surface area contributed by atoms with Crippen LogP contribution in [0.2, 0.25) is 0 Å². The number of carbonyl (C=O) groups excluding carboxylic acids is 2. The van der Waals surface area contributed by atoms with Crippen molar-refractivity contribution in [2.45, 2.75) is 13.3 Å². The van der Waals surface area contributed by atoms with Crippen molar-refractivity contribution in [3.05, 3.63) is 23.8 Å². The van der Waals surface area contributed by atoms with Crippen molar-refractivity contribution in [2.75, 3.05) is 37.9 Å². The van der Waals surface area contributed by atoms with E-state index in [4.69, 9.17) is 10.5 Å². The summed E-state index contributed by atoms with van der Waals surface area (Å²) in [6, 6.07) is 4.97. The summed E-state index contributed by atoms with van der Waals surface area (Å²) >= 11 is 0. The first-order valence-electron chi connectivity index (χ1n) is 6.48. The van der Waals surface area contributed by atoms with Crippen molar-refractivity contribution in [3.8, 4) is 0 Å². The van der Waals surface area contributed by atoms with E-state index in [0.717, 1.165) is 0 Å². The summed E-state index contributed by atoms with van der Waals surface area (Å²) in [5.41, 5.74) is 7.62. The molecule has 110 valence electrons. The summed E-state index contributed by atoms with van der Waals surface area (Å²) in [6.45, 7) is 2.59. The van der Waals surface area contributed by atoms with Crippen LogP contribution in [-0.2, 0) is 9.53 Å². The van der Waals surface area contributed by atoms with E-state index in [1.807, 2.05) is 11.9 Å². The molecule has 20 heavy (non-hydrogen) atoms. The maximum atomic E-state index is 11.7. The van der Waals surface area contributed by atoms with E-state index < -0.39 is 0 Å². The van der Waals surface area contributed by atoms with Crippen LogP contribution in [0, 0.1) is 0 Å². The average Bonchev–Trinajstić information content (AvgIpc) is 2.45. The zero-order valence-electron chi connectivity index (χ0n) is 12.1. The predicted molar refractivity (Wildman–Crippen MR) is 78.8 cm³/mol. The second-order valence-corrected chi connectivity index (χ2v) is 4.34. The Kier molecular flexibility index (Phi) is 5.83. The highest BCUT2D eigenvalue weighted by Crippen LogP contribution is 2.24. The minimum atomic E-state index is -0.381. The maximum Gasteiger partial charge on any atom is 0.338 e. The Balaban J connectivity index is 2.85. The molecule has 3 N–H and O–H groups in total. The molecule has 0 unspecified atom stereocenters. The number of nitrogen functional groups attached to an aromatic ring is 1. The molecule has 0 radical (unpaired) electrons. The molecule has 6 heteroatoms. The average molecular weight is 279 g/mol. The Hall–Kier alpha value is -2.24. The molecule has 0 bridgehead atoms. The van der Waals surface area contributed by atoms with Crippen LogP contribution in [0.1, 0.15) is 23.7 Å². The molecule has 0 fully saturated rings. The first-order chi connectivity index (χ1) is 9.49. The molecule has 0 atom stereocenters. The van der Waals surface area contributed by atoms with Gasteiger partial charge in [0.15, 0.2) is 0 Å². The van der Waals surface area contributed by atoms with Gasteiger partial charge in [0.2, 0.25) is 5.91 Å². The number of hydrogen-bond acceptors (Lipinski definition) is 5. The van der Waals surface area contributed by atoms with Gasteiger partial charge < -0.3 is 20.7 Å². The Morgan fingerprint density at radius 1 is 1.40 bits per heavy atom. The maximum absolute atomic E-state index is 11.7. The molecule has 1 aromatic carbocycles. The Morgan fingerprint density at radius 3 is 2.70 bits per heavy atom. The van der Waals surface area contributed by atoms with Gasteiger partial charge in [0, 0.05) is 27.1 Å². The number of carbonyl (C=O) groups is 2. The molecule has 1 aromatic rings. The highest BCUT2D eigenvalue weighted by atomic mass is 16.5. The van der Waals surface area contributed by atoms with Gasteiger partial charge in [-0.3, -0.25) is 4.79 Å². The van der Waals surface area contributed by atoms with E-state index in [1.165, 1.54) is 0 Å². The third kappa shape index (κ3) is 4.15. The Morgan fingerprint density at radius 2 is 2.10 bits per heavy atom. The van der Waals surface area contributed by atoms with Crippen LogP contribution < -0.4 is 16.0 Å². The largest absolute Gasteiger partial charge is 0.462 e. The number of benzene rings is 1. The fourth-order valence-corrected chi connectivity index (χ4v) is 1.73. The topological polar surface area (TPSA) is 84.7 Å². The summed E-state index contributed by atoms with van der Waals surface area (Å²) in [5, 5.41) is 2.56. The minimum absolute atomic E-state index is 0.0445. The van der Waals surface area contributed by atoms with E-state index in [-0.39, 0.29) is 11.9 Å². The number of rotatable bonds is 6. The fourth-order valence-electron chi connectivity index (χ4n) is 1.73. The van der Waals surface area contributed by atoms with Crippen LogP contribution in [0.5, 0.6) is 0 Å². The molecule has 0 heterocycles. The van der Waals surface area contributed by atoms with E-state index in [9.17, 15) is 9.59 Å². The number of nitrogens with two attached hydrogens (primary N) is 1. The van der Waals surface area contributed by atoms with Crippen LogP contribution in [-0.4, -0.2) is 39.1 Å². The quantitative estimate of drug-likeness (QED) is 0.600. The van der Waals surface area contributed by atoms with Crippen LogP contribution in [0.3, 0.4) is 0 Å². The summed E-state index contributed by atoms with van der Waals surface area (Å²) in [5.74, 6) is -0.426. The molecule has 0 aliphatic rings. The molecule has 0 aliphatic carbocycles. The summed E-state index contributed by atoms with van der Waals surface area (Å²) < 4.78 is 4.96. The number of ether oxygens (including phenoxy) is 1. The van der Waals surface area contributed by atoms with E-state index in [1.54, 1.807) is 32.2 Å². The predicted octanol–water partition coefficient (Wildman–Crippen LogP) is 1.02. The molecule has 0 saturated heterocycles. The Labute approximate surface area is 118 Å². The SMILES string of the molecule is CCOC(=O)c1ccc(N)c(N(C)CCC(=O)NC)c1. The lowest BCUT2D eigenvalue weighted by atomic mass is 10.1. The normalized spacial score (nSPS) is 9.95. The first-order valence-corrected chi connectivity index (χ1v) is 6.48. The number of nitrogens with zero attached hydrogens (tertiary/aromatic N) is 1. The lowest BCUT2D eigenvalue weighted by Gasteiger charge is -2.21.